The average Bonchev–Trinajstić information content (AvgIpc) is 3.28. The predicted molar refractivity (Wildman–Crippen MR) is 125 cm³/mol. The van der Waals surface area contributed by atoms with Gasteiger partial charge in [-0.15, -0.1) is 11.3 Å². The highest BCUT2D eigenvalue weighted by atomic mass is 35.5. The summed E-state index contributed by atoms with van der Waals surface area (Å²) in [5.74, 6) is 0.0662. The lowest BCUT2D eigenvalue weighted by Gasteiger charge is -2.34. The molecule has 1 aliphatic rings. The smallest absolute Gasteiger partial charge is 0.253 e. The van der Waals surface area contributed by atoms with Gasteiger partial charge in [0.05, 0.1) is 11.2 Å². The zero-order valence-corrected chi connectivity index (χ0v) is 18.4. The number of nitrogens with zero attached hydrogens (tertiary/aromatic N) is 4. The van der Waals surface area contributed by atoms with Crippen molar-refractivity contribution in [2.45, 2.75) is 6.54 Å². The van der Waals surface area contributed by atoms with Crippen LogP contribution < -0.4 is 0 Å². The minimum atomic E-state index is 0.0662. The molecular weight excluding hydrogens is 428 g/mol. The van der Waals surface area contributed by atoms with Crippen LogP contribution in [0.1, 0.15) is 16.1 Å². The molecule has 0 spiro atoms. The first-order valence-corrected chi connectivity index (χ1v) is 11.5. The Balaban J connectivity index is 1.20. The van der Waals surface area contributed by atoms with Crippen molar-refractivity contribution in [2.24, 2.45) is 0 Å². The number of hydrogen-bond donors (Lipinski definition) is 0. The van der Waals surface area contributed by atoms with Gasteiger partial charge in [-0.25, -0.2) is 9.97 Å². The normalized spacial score (nSPS) is 14.8. The van der Waals surface area contributed by atoms with Crippen molar-refractivity contribution in [3.05, 3.63) is 82.5 Å². The fourth-order valence-electron chi connectivity index (χ4n) is 3.85. The first-order valence-electron chi connectivity index (χ1n) is 10.2. The number of halogens is 1. The Kier molecular flexibility index (Phi) is 5.68. The number of carbonyl (C=O) groups is 1. The summed E-state index contributed by atoms with van der Waals surface area (Å²) < 4.78 is 0. The lowest BCUT2D eigenvalue weighted by molar-refractivity contribution is 0.0627. The van der Waals surface area contributed by atoms with Crippen LogP contribution in [0, 0.1) is 0 Å². The van der Waals surface area contributed by atoms with Gasteiger partial charge in [-0.05, 0) is 30.3 Å². The Morgan fingerprint density at radius 1 is 0.968 bits per heavy atom. The van der Waals surface area contributed by atoms with E-state index in [2.05, 4.69) is 27.4 Å². The van der Waals surface area contributed by atoms with Gasteiger partial charge in [0.1, 0.15) is 10.2 Å². The summed E-state index contributed by atoms with van der Waals surface area (Å²) in [4.78, 5) is 26.4. The van der Waals surface area contributed by atoms with Gasteiger partial charge in [0.2, 0.25) is 0 Å². The van der Waals surface area contributed by atoms with Gasteiger partial charge in [0, 0.05) is 54.6 Å². The molecule has 5 rings (SSSR count). The number of aromatic nitrogens is 2. The fraction of sp³-hybridized carbons (Fsp3) is 0.208. The molecule has 2 aromatic heterocycles. The first-order chi connectivity index (χ1) is 15.2. The largest absolute Gasteiger partial charge is 0.336 e. The summed E-state index contributed by atoms with van der Waals surface area (Å²) in [6.07, 6.45) is 0. The standard InChI is InChI=1S/C24H21ClN4OS/c25-22-9-7-18-14-19(6-8-21(18)27-22)24(30)29-12-10-28(11-13-29)15-20-16-31-23(26-20)17-4-2-1-3-5-17/h1-9,14,16H,10-13,15H2. The van der Waals surface area contributed by atoms with E-state index in [4.69, 9.17) is 16.6 Å². The van der Waals surface area contributed by atoms with Gasteiger partial charge < -0.3 is 4.90 Å². The van der Waals surface area contributed by atoms with Gasteiger partial charge in [0.15, 0.2) is 0 Å². The van der Waals surface area contributed by atoms with Gasteiger partial charge in [0.25, 0.3) is 5.91 Å². The highest BCUT2D eigenvalue weighted by Gasteiger charge is 2.23. The molecule has 31 heavy (non-hydrogen) atoms. The zero-order valence-electron chi connectivity index (χ0n) is 16.9. The maximum Gasteiger partial charge on any atom is 0.253 e. The van der Waals surface area contributed by atoms with E-state index in [1.807, 2.05) is 47.4 Å². The molecule has 3 heterocycles. The van der Waals surface area contributed by atoms with E-state index < -0.39 is 0 Å². The summed E-state index contributed by atoms with van der Waals surface area (Å²) in [6, 6.07) is 19.5. The second-order valence-corrected chi connectivity index (χ2v) is 8.87. The third kappa shape index (κ3) is 4.46. The topological polar surface area (TPSA) is 49.3 Å². The highest BCUT2D eigenvalue weighted by Crippen LogP contribution is 2.24. The van der Waals surface area contributed by atoms with E-state index >= 15 is 0 Å². The Labute approximate surface area is 189 Å². The third-order valence-electron chi connectivity index (χ3n) is 5.52. The molecule has 1 fully saturated rings. The molecule has 0 aliphatic carbocycles. The number of hydrogen-bond acceptors (Lipinski definition) is 5. The Morgan fingerprint density at radius 3 is 2.58 bits per heavy atom. The second kappa shape index (κ2) is 8.75. The summed E-state index contributed by atoms with van der Waals surface area (Å²) >= 11 is 7.63. The van der Waals surface area contributed by atoms with Crippen LogP contribution in [-0.4, -0.2) is 51.9 Å². The molecule has 0 unspecified atom stereocenters. The lowest BCUT2D eigenvalue weighted by atomic mass is 10.1. The minimum absolute atomic E-state index is 0.0662. The number of carbonyl (C=O) groups excluding carboxylic acids is 1. The van der Waals surface area contributed by atoms with Gasteiger partial charge in [-0.3, -0.25) is 9.69 Å². The van der Waals surface area contributed by atoms with E-state index in [0.29, 0.717) is 23.8 Å². The maximum absolute atomic E-state index is 13.0. The number of pyridine rings is 1. The molecule has 156 valence electrons. The molecule has 4 aromatic rings. The van der Waals surface area contributed by atoms with E-state index in [9.17, 15) is 4.79 Å². The zero-order chi connectivity index (χ0) is 21.2. The van der Waals surface area contributed by atoms with Crippen molar-refractivity contribution in [2.75, 3.05) is 26.2 Å². The maximum atomic E-state index is 13.0. The molecular formula is C24H21ClN4OS. The van der Waals surface area contributed by atoms with Crippen molar-refractivity contribution in [1.82, 2.24) is 19.8 Å². The van der Waals surface area contributed by atoms with E-state index in [1.54, 1.807) is 17.4 Å². The summed E-state index contributed by atoms with van der Waals surface area (Å²) in [5.41, 5.74) is 3.73. The molecule has 1 amide bonds. The molecule has 2 aromatic carbocycles. The molecule has 1 saturated heterocycles. The predicted octanol–water partition coefficient (Wildman–Crippen LogP) is 4.97. The fourth-order valence-corrected chi connectivity index (χ4v) is 4.82. The molecule has 0 atom stereocenters. The molecule has 1 aliphatic heterocycles. The van der Waals surface area contributed by atoms with E-state index in [1.165, 1.54) is 0 Å². The Morgan fingerprint density at radius 2 is 1.77 bits per heavy atom. The molecule has 5 nitrogen and oxygen atoms in total. The number of fused-ring (bicyclic) bond motifs is 1. The van der Waals surface area contributed by atoms with Crippen molar-refractivity contribution in [1.29, 1.82) is 0 Å². The van der Waals surface area contributed by atoms with Crippen molar-refractivity contribution in [3.8, 4) is 10.6 Å². The number of benzene rings is 2. The molecule has 0 bridgehead atoms. The number of amides is 1. The second-order valence-electron chi connectivity index (χ2n) is 7.62. The van der Waals surface area contributed by atoms with Crippen LogP contribution >= 0.6 is 22.9 Å². The summed E-state index contributed by atoms with van der Waals surface area (Å²) in [7, 11) is 0. The third-order valence-corrected chi connectivity index (χ3v) is 6.67. The minimum Gasteiger partial charge on any atom is -0.336 e. The van der Waals surface area contributed by atoms with Crippen LogP contribution in [-0.2, 0) is 6.54 Å². The van der Waals surface area contributed by atoms with Crippen LogP contribution in [0.4, 0.5) is 0 Å². The molecule has 0 radical (unpaired) electrons. The summed E-state index contributed by atoms with van der Waals surface area (Å²) in [6.45, 7) is 3.92. The molecule has 0 N–H and O–H groups in total. The molecule has 0 saturated carbocycles. The highest BCUT2D eigenvalue weighted by molar-refractivity contribution is 7.13. The number of thiazole rings is 1. The monoisotopic (exact) mass is 448 g/mol. The van der Waals surface area contributed by atoms with Crippen LogP contribution in [0.15, 0.2) is 66.0 Å². The Bertz CT molecular complexity index is 1220. The van der Waals surface area contributed by atoms with Crippen molar-refractivity contribution < 1.29 is 4.79 Å². The SMILES string of the molecule is O=C(c1ccc2nc(Cl)ccc2c1)N1CCN(Cc2csc(-c3ccccc3)n2)CC1. The van der Waals surface area contributed by atoms with Crippen LogP contribution in [0.2, 0.25) is 5.15 Å². The Hall–Kier alpha value is -2.80. The van der Waals surface area contributed by atoms with Crippen molar-refractivity contribution >= 4 is 39.7 Å². The number of rotatable bonds is 4. The van der Waals surface area contributed by atoms with E-state index in [0.717, 1.165) is 46.8 Å². The van der Waals surface area contributed by atoms with Crippen LogP contribution in [0.3, 0.4) is 0 Å². The number of piperazine rings is 1. The lowest BCUT2D eigenvalue weighted by Crippen LogP contribution is -2.48. The van der Waals surface area contributed by atoms with Crippen LogP contribution in [0.25, 0.3) is 21.5 Å². The first kappa shape index (κ1) is 20.1. The summed E-state index contributed by atoms with van der Waals surface area (Å²) in [5, 5.41) is 4.57. The molecule has 7 heteroatoms. The van der Waals surface area contributed by atoms with Crippen molar-refractivity contribution in [3.63, 3.8) is 0 Å². The van der Waals surface area contributed by atoms with E-state index in [-0.39, 0.29) is 5.91 Å². The van der Waals surface area contributed by atoms with Gasteiger partial charge >= 0.3 is 0 Å². The van der Waals surface area contributed by atoms with Crippen LogP contribution in [0.5, 0.6) is 0 Å². The quantitative estimate of drug-likeness (QED) is 0.413. The van der Waals surface area contributed by atoms with Gasteiger partial charge in [-0.2, -0.15) is 0 Å². The average molecular weight is 449 g/mol. The van der Waals surface area contributed by atoms with Gasteiger partial charge in [-0.1, -0.05) is 41.9 Å².